The van der Waals surface area contributed by atoms with Gasteiger partial charge in [-0.1, -0.05) is 6.07 Å². The maximum Gasteiger partial charge on any atom is 0.176 e. The fourth-order valence-corrected chi connectivity index (χ4v) is 4.70. The zero-order valence-electron chi connectivity index (χ0n) is 12.6. The molecule has 114 valence electrons. The van der Waals surface area contributed by atoms with Crippen molar-refractivity contribution in [3.63, 3.8) is 0 Å². The van der Waals surface area contributed by atoms with Crippen molar-refractivity contribution in [3.05, 3.63) is 40.7 Å². The van der Waals surface area contributed by atoms with E-state index in [2.05, 4.69) is 15.3 Å². The fraction of sp³-hybridized carbons (Fsp3) is 0.444. The third kappa shape index (κ3) is 2.61. The molecule has 0 aliphatic carbocycles. The normalized spacial score (nSPS) is 27.5. The van der Waals surface area contributed by atoms with Crippen molar-refractivity contribution in [3.8, 4) is 11.3 Å². The molecule has 3 aliphatic heterocycles. The number of hydrogen-bond donors (Lipinski definition) is 0. The van der Waals surface area contributed by atoms with Gasteiger partial charge in [0.05, 0.1) is 10.6 Å². The Morgan fingerprint density at radius 3 is 2.77 bits per heavy atom. The first kappa shape index (κ1) is 14.1. The number of ketones is 1. The molecule has 0 radical (unpaired) electrons. The van der Waals surface area contributed by atoms with Crippen molar-refractivity contribution in [1.82, 2.24) is 9.88 Å². The number of Topliss-reactive ketones (excluding diaryl/α,β-unsaturated/α-hetero) is 1. The Hall–Kier alpha value is -1.52. The molecule has 2 aromatic rings. The standard InChI is InChI=1S/C18H20N2OS/c21-18(15-6-10-20-8-4-13(15)5-9-20)17-11-14(12-22-17)16-3-1-2-7-19-16/h1-3,7,11-13,15H,4-6,8-10H2. The molecule has 2 bridgehead atoms. The van der Waals surface area contributed by atoms with Crippen LogP contribution >= 0.6 is 11.3 Å². The Balaban J connectivity index is 1.57. The summed E-state index contributed by atoms with van der Waals surface area (Å²) < 4.78 is 0. The number of piperidine rings is 1. The summed E-state index contributed by atoms with van der Waals surface area (Å²) in [7, 11) is 0. The molecule has 0 aromatic carbocycles. The molecule has 3 fully saturated rings. The summed E-state index contributed by atoms with van der Waals surface area (Å²) in [6.07, 6.45) is 5.21. The van der Waals surface area contributed by atoms with Crippen LogP contribution in [0.2, 0.25) is 0 Å². The fourth-order valence-electron chi connectivity index (χ4n) is 3.80. The minimum atomic E-state index is 0.225. The Kier molecular flexibility index (Phi) is 3.80. The quantitative estimate of drug-likeness (QED) is 0.810. The van der Waals surface area contributed by atoms with Crippen LogP contribution in [0, 0.1) is 11.8 Å². The van der Waals surface area contributed by atoms with Crippen LogP contribution in [0.25, 0.3) is 11.3 Å². The van der Waals surface area contributed by atoms with Gasteiger partial charge in [0.2, 0.25) is 0 Å². The van der Waals surface area contributed by atoms with Crippen molar-refractivity contribution in [2.24, 2.45) is 11.8 Å². The Morgan fingerprint density at radius 2 is 2.00 bits per heavy atom. The van der Waals surface area contributed by atoms with Crippen molar-refractivity contribution >= 4 is 17.1 Å². The second kappa shape index (κ2) is 5.94. The van der Waals surface area contributed by atoms with Crippen LogP contribution in [0.4, 0.5) is 0 Å². The summed E-state index contributed by atoms with van der Waals surface area (Å²) in [6, 6.07) is 7.93. The van der Waals surface area contributed by atoms with Crippen molar-refractivity contribution < 1.29 is 4.79 Å². The van der Waals surface area contributed by atoms with E-state index < -0.39 is 0 Å². The number of hydrogen-bond acceptors (Lipinski definition) is 4. The molecule has 0 N–H and O–H groups in total. The largest absolute Gasteiger partial charge is 0.303 e. The average Bonchev–Trinajstić information content (AvgIpc) is 2.88. The van der Waals surface area contributed by atoms with E-state index in [0.29, 0.717) is 11.7 Å². The van der Waals surface area contributed by atoms with Gasteiger partial charge >= 0.3 is 0 Å². The van der Waals surface area contributed by atoms with E-state index >= 15 is 0 Å². The van der Waals surface area contributed by atoms with Crippen LogP contribution in [0.3, 0.4) is 0 Å². The van der Waals surface area contributed by atoms with E-state index in [1.165, 1.54) is 25.9 Å². The van der Waals surface area contributed by atoms with E-state index in [0.717, 1.165) is 29.1 Å². The number of nitrogens with zero attached hydrogens (tertiary/aromatic N) is 2. The molecule has 1 atom stereocenters. The van der Waals surface area contributed by atoms with Crippen LogP contribution in [0.15, 0.2) is 35.8 Å². The third-order valence-electron chi connectivity index (χ3n) is 5.10. The summed E-state index contributed by atoms with van der Waals surface area (Å²) in [6.45, 7) is 3.45. The molecular weight excluding hydrogens is 292 g/mol. The lowest BCUT2D eigenvalue weighted by molar-refractivity contribution is 0.0864. The van der Waals surface area contributed by atoms with E-state index in [-0.39, 0.29) is 5.92 Å². The van der Waals surface area contributed by atoms with Gasteiger partial charge in [-0.05, 0) is 63.0 Å². The SMILES string of the molecule is O=C(c1cc(-c2ccccn2)cs1)C1CCN2CCC1CC2. The number of pyridine rings is 1. The molecule has 5 heterocycles. The van der Waals surface area contributed by atoms with E-state index in [1.54, 1.807) is 17.5 Å². The predicted molar refractivity (Wildman–Crippen MR) is 89.2 cm³/mol. The predicted octanol–water partition coefficient (Wildman–Crippen LogP) is 3.72. The lowest BCUT2D eigenvalue weighted by atomic mass is 9.82. The number of aromatic nitrogens is 1. The van der Waals surface area contributed by atoms with Gasteiger partial charge in [0.1, 0.15) is 0 Å². The highest BCUT2D eigenvalue weighted by molar-refractivity contribution is 7.12. The van der Waals surface area contributed by atoms with Gasteiger partial charge in [0.25, 0.3) is 0 Å². The summed E-state index contributed by atoms with van der Waals surface area (Å²) in [5.74, 6) is 1.18. The smallest absolute Gasteiger partial charge is 0.176 e. The first-order chi connectivity index (χ1) is 10.8. The maximum absolute atomic E-state index is 13.0. The summed E-state index contributed by atoms with van der Waals surface area (Å²) in [5, 5.41) is 2.06. The molecule has 22 heavy (non-hydrogen) atoms. The first-order valence-corrected chi connectivity index (χ1v) is 8.96. The van der Waals surface area contributed by atoms with Crippen LogP contribution in [0.1, 0.15) is 28.9 Å². The summed E-state index contributed by atoms with van der Waals surface area (Å²) >= 11 is 1.58. The van der Waals surface area contributed by atoms with Gasteiger partial charge in [-0.25, -0.2) is 0 Å². The zero-order chi connectivity index (χ0) is 14.9. The number of carbonyl (C=O) groups excluding carboxylic acids is 1. The molecular formula is C18H20N2OS. The highest BCUT2D eigenvalue weighted by Crippen LogP contribution is 2.36. The highest BCUT2D eigenvalue weighted by atomic mass is 32.1. The number of carbonyl (C=O) groups is 1. The Bertz CT molecular complexity index is 659. The summed E-state index contributed by atoms with van der Waals surface area (Å²) in [5.41, 5.74) is 2.02. The second-order valence-corrected chi connectivity index (χ2v) is 7.26. The Labute approximate surface area is 135 Å². The lowest BCUT2D eigenvalue weighted by Gasteiger charge is -2.28. The molecule has 5 rings (SSSR count). The van der Waals surface area contributed by atoms with Gasteiger partial charge in [0, 0.05) is 23.1 Å². The monoisotopic (exact) mass is 312 g/mol. The van der Waals surface area contributed by atoms with Gasteiger partial charge in [-0.3, -0.25) is 9.78 Å². The maximum atomic E-state index is 13.0. The molecule has 4 heteroatoms. The highest BCUT2D eigenvalue weighted by Gasteiger charge is 2.35. The van der Waals surface area contributed by atoms with Crippen LogP contribution in [-0.2, 0) is 0 Å². The lowest BCUT2D eigenvalue weighted by Crippen LogP contribution is -2.31. The van der Waals surface area contributed by atoms with Gasteiger partial charge in [-0.2, -0.15) is 0 Å². The van der Waals surface area contributed by atoms with Gasteiger partial charge in [-0.15, -0.1) is 11.3 Å². The third-order valence-corrected chi connectivity index (χ3v) is 6.04. The average molecular weight is 312 g/mol. The topological polar surface area (TPSA) is 33.2 Å². The first-order valence-electron chi connectivity index (χ1n) is 8.08. The zero-order valence-corrected chi connectivity index (χ0v) is 13.4. The van der Waals surface area contributed by atoms with E-state index in [4.69, 9.17) is 0 Å². The molecule has 3 aliphatic rings. The molecule has 0 saturated carbocycles. The minimum Gasteiger partial charge on any atom is -0.303 e. The van der Waals surface area contributed by atoms with Crippen LogP contribution < -0.4 is 0 Å². The molecule has 0 amide bonds. The second-order valence-electron chi connectivity index (χ2n) is 6.35. The number of fused-ring (bicyclic) bond motifs is 4. The van der Waals surface area contributed by atoms with Gasteiger partial charge in [0.15, 0.2) is 5.78 Å². The molecule has 1 unspecified atom stereocenters. The number of thiophene rings is 1. The summed E-state index contributed by atoms with van der Waals surface area (Å²) in [4.78, 5) is 20.8. The molecule has 2 aromatic heterocycles. The minimum absolute atomic E-state index is 0.225. The molecule has 3 nitrogen and oxygen atoms in total. The Morgan fingerprint density at radius 1 is 1.18 bits per heavy atom. The molecule has 3 saturated heterocycles. The molecule has 0 spiro atoms. The van der Waals surface area contributed by atoms with Crippen molar-refractivity contribution in [2.45, 2.75) is 19.3 Å². The number of rotatable bonds is 3. The van der Waals surface area contributed by atoms with E-state index in [9.17, 15) is 4.79 Å². The van der Waals surface area contributed by atoms with Gasteiger partial charge < -0.3 is 4.90 Å². The van der Waals surface area contributed by atoms with Crippen molar-refractivity contribution in [2.75, 3.05) is 19.6 Å². The van der Waals surface area contributed by atoms with Crippen molar-refractivity contribution in [1.29, 1.82) is 0 Å². The van der Waals surface area contributed by atoms with Crippen LogP contribution in [-0.4, -0.2) is 35.3 Å². The van der Waals surface area contributed by atoms with Crippen LogP contribution in [0.5, 0.6) is 0 Å². The van der Waals surface area contributed by atoms with E-state index in [1.807, 2.05) is 24.3 Å².